The fourth-order valence-electron chi connectivity index (χ4n) is 2.32. The van der Waals surface area contributed by atoms with E-state index >= 15 is 0 Å². The highest BCUT2D eigenvalue weighted by Crippen LogP contribution is 2.25. The molecule has 1 N–H and O–H groups in total. The molecule has 0 aliphatic heterocycles. The van der Waals surface area contributed by atoms with Gasteiger partial charge in [0, 0.05) is 21.6 Å². The summed E-state index contributed by atoms with van der Waals surface area (Å²) in [7, 11) is -3.66. The van der Waals surface area contributed by atoms with E-state index in [1.165, 1.54) is 0 Å². The van der Waals surface area contributed by atoms with Gasteiger partial charge >= 0.3 is 0 Å². The Kier molecular flexibility index (Phi) is 6.80. The van der Waals surface area contributed by atoms with E-state index in [4.69, 9.17) is 34.8 Å². The molecule has 0 bridgehead atoms. The zero-order valence-corrected chi connectivity index (χ0v) is 17.2. The predicted octanol–water partition coefficient (Wildman–Crippen LogP) is 4.04. The molecule has 2 aromatic carbocycles. The number of carbonyl (C=O) groups is 1. The fourth-order valence-corrected chi connectivity index (χ4v) is 3.94. The normalized spacial score (nSPS) is 11.3. The van der Waals surface area contributed by atoms with Crippen molar-refractivity contribution in [2.75, 3.05) is 17.1 Å². The molecule has 0 heterocycles. The largest absolute Gasteiger partial charge is 0.350 e. The number of sulfonamides is 1. The van der Waals surface area contributed by atoms with Crippen LogP contribution in [0.15, 0.2) is 36.4 Å². The number of amides is 1. The molecule has 2 rings (SSSR count). The lowest BCUT2D eigenvalue weighted by atomic mass is 10.2. The van der Waals surface area contributed by atoms with E-state index in [0.29, 0.717) is 31.9 Å². The van der Waals surface area contributed by atoms with Crippen molar-refractivity contribution in [1.29, 1.82) is 0 Å². The second-order valence-corrected chi connectivity index (χ2v) is 8.90. The summed E-state index contributed by atoms with van der Waals surface area (Å²) in [6.45, 7) is 1.53. The highest BCUT2D eigenvalue weighted by Gasteiger charge is 2.22. The number of hydrogen-bond acceptors (Lipinski definition) is 3. The Labute approximate surface area is 167 Å². The van der Waals surface area contributed by atoms with Gasteiger partial charge in [0.05, 0.1) is 11.9 Å². The fraction of sp³-hybridized carbons (Fsp3) is 0.235. The van der Waals surface area contributed by atoms with Crippen molar-refractivity contribution in [2.24, 2.45) is 0 Å². The third-order valence-corrected chi connectivity index (χ3v) is 5.55. The van der Waals surface area contributed by atoms with Crippen LogP contribution in [-0.2, 0) is 21.4 Å². The molecule has 0 unspecified atom stereocenters. The maximum atomic E-state index is 12.3. The molecule has 0 saturated carbocycles. The number of aryl methyl sites for hydroxylation is 1. The van der Waals surface area contributed by atoms with Crippen LogP contribution in [0.3, 0.4) is 0 Å². The number of hydrogen-bond donors (Lipinski definition) is 1. The van der Waals surface area contributed by atoms with Crippen LogP contribution in [-0.4, -0.2) is 27.1 Å². The molecule has 0 spiro atoms. The van der Waals surface area contributed by atoms with Gasteiger partial charge in [-0.1, -0.05) is 40.9 Å². The molecular weight excluding hydrogens is 419 g/mol. The molecule has 0 aromatic heterocycles. The van der Waals surface area contributed by atoms with Gasteiger partial charge in [-0.3, -0.25) is 9.10 Å². The smallest absolute Gasteiger partial charge is 0.241 e. The Balaban J connectivity index is 2.14. The third kappa shape index (κ3) is 5.51. The lowest BCUT2D eigenvalue weighted by molar-refractivity contribution is -0.119. The first-order valence-corrected chi connectivity index (χ1v) is 10.5. The van der Waals surface area contributed by atoms with Gasteiger partial charge in [-0.2, -0.15) is 0 Å². The summed E-state index contributed by atoms with van der Waals surface area (Å²) in [4.78, 5) is 12.3. The van der Waals surface area contributed by atoms with E-state index in [2.05, 4.69) is 5.32 Å². The highest BCUT2D eigenvalue weighted by molar-refractivity contribution is 7.92. The lowest BCUT2D eigenvalue weighted by Gasteiger charge is -2.23. The maximum Gasteiger partial charge on any atom is 0.241 e. The van der Waals surface area contributed by atoms with E-state index in [9.17, 15) is 13.2 Å². The summed E-state index contributed by atoms with van der Waals surface area (Å²) in [6, 6.07) is 9.72. The third-order valence-electron chi connectivity index (χ3n) is 3.61. The van der Waals surface area contributed by atoms with Crippen LogP contribution in [0.5, 0.6) is 0 Å². The highest BCUT2D eigenvalue weighted by atomic mass is 35.5. The Bertz CT molecular complexity index is 933. The summed E-state index contributed by atoms with van der Waals surface area (Å²) < 4.78 is 25.3. The minimum atomic E-state index is -3.66. The van der Waals surface area contributed by atoms with Crippen LogP contribution >= 0.6 is 34.8 Å². The Morgan fingerprint density at radius 3 is 2.27 bits per heavy atom. The number of nitrogens with zero attached hydrogens (tertiary/aromatic N) is 1. The van der Waals surface area contributed by atoms with Gasteiger partial charge in [-0.25, -0.2) is 8.42 Å². The van der Waals surface area contributed by atoms with E-state index in [-0.39, 0.29) is 13.1 Å². The summed E-state index contributed by atoms with van der Waals surface area (Å²) >= 11 is 17.8. The van der Waals surface area contributed by atoms with Crippen molar-refractivity contribution in [3.63, 3.8) is 0 Å². The monoisotopic (exact) mass is 434 g/mol. The summed E-state index contributed by atoms with van der Waals surface area (Å²) in [5, 5.41) is 4.07. The first kappa shape index (κ1) is 20.8. The van der Waals surface area contributed by atoms with Gasteiger partial charge in [0.15, 0.2) is 0 Å². The van der Waals surface area contributed by atoms with Crippen molar-refractivity contribution in [3.8, 4) is 0 Å². The molecule has 0 aliphatic carbocycles. The Hall–Kier alpha value is -1.47. The minimum absolute atomic E-state index is 0.159. The van der Waals surface area contributed by atoms with Crippen LogP contribution in [0.1, 0.15) is 11.1 Å². The maximum absolute atomic E-state index is 12.3. The number of carbonyl (C=O) groups excluding carboxylic acids is 1. The summed E-state index contributed by atoms with van der Waals surface area (Å²) in [5.74, 6) is -0.462. The topological polar surface area (TPSA) is 66.5 Å². The SMILES string of the molecule is Cc1cc(Cl)ccc1N(CC(=O)NCc1ccc(Cl)cc1Cl)S(C)(=O)=O. The molecule has 0 atom stereocenters. The van der Waals surface area contributed by atoms with Gasteiger partial charge in [-0.05, 0) is 48.4 Å². The van der Waals surface area contributed by atoms with Crippen molar-refractivity contribution in [2.45, 2.75) is 13.5 Å². The number of rotatable bonds is 6. The van der Waals surface area contributed by atoms with Crippen molar-refractivity contribution in [1.82, 2.24) is 5.32 Å². The molecule has 1 amide bonds. The van der Waals surface area contributed by atoms with E-state index in [1.807, 2.05) is 0 Å². The molecule has 140 valence electrons. The zero-order valence-electron chi connectivity index (χ0n) is 14.1. The van der Waals surface area contributed by atoms with Crippen LogP contribution in [0.25, 0.3) is 0 Å². The molecule has 26 heavy (non-hydrogen) atoms. The zero-order chi connectivity index (χ0) is 19.5. The van der Waals surface area contributed by atoms with Gasteiger partial charge < -0.3 is 5.32 Å². The molecule has 0 saturated heterocycles. The number of halogens is 3. The lowest BCUT2D eigenvalue weighted by Crippen LogP contribution is -2.40. The van der Waals surface area contributed by atoms with E-state index in [0.717, 1.165) is 10.6 Å². The predicted molar refractivity (Wildman–Crippen MR) is 107 cm³/mol. The van der Waals surface area contributed by atoms with Crippen LogP contribution in [0.4, 0.5) is 5.69 Å². The van der Waals surface area contributed by atoms with Crippen LogP contribution in [0.2, 0.25) is 15.1 Å². The van der Waals surface area contributed by atoms with Gasteiger partial charge in [-0.15, -0.1) is 0 Å². The van der Waals surface area contributed by atoms with Crippen molar-refractivity contribution in [3.05, 3.63) is 62.6 Å². The van der Waals surface area contributed by atoms with Gasteiger partial charge in [0.2, 0.25) is 15.9 Å². The Morgan fingerprint density at radius 2 is 1.69 bits per heavy atom. The van der Waals surface area contributed by atoms with Crippen LogP contribution < -0.4 is 9.62 Å². The number of benzene rings is 2. The molecule has 0 fully saturated rings. The molecule has 0 radical (unpaired) electrons. The van der Waals surface area contributed by atoms with E-state index < -0.39 is 15.9 Å². The molecule has 9 heteroatoms. The standard InChI is InChI=1S/C17H17Cl3N2O3S/c1-11-7-13(18)5-6-16(11)22(26(2,24)25)10-17(23)21-9-12-3-4-14(19)8-15(12)20/h3-8H,9-10H2,1-2H3,(H,21,23). The number of anilines is 1. The Morgan fingerprint density at radius 1 is 1.08 bits per heavy atom. The first-order chi connectivity index (χ1) is 12.1. The molecule has 5 nitrogen and oxygen atoms in total. The minimum Gasteiger partial charge on any atom is -0.350 e. The van der Waals surface area contributed by atoms with Gasteiger partial charge in [0.25, 0.3) is 0 Å². The quantitative estimate of drug-likeness (QED) is 0.745. The second-order valence-electron chi connectivity index (χ2n) is 5.71. The summed E-state index contributed by atoms with van der Waals surface area (Å²) in [5.41, 5.74) is 1.73. The van der Waals surface area contributed by atoms with E-state index in [1.54, 1.807) is 43.3 Å². The average molecular weight is 436 g/mol. The molecule has 0 aliphatic rings. The van der Waals surface area contributed by atoms with Crippen molar-refractivity contribution < 1.29 is 13.2 Å². The second kappa shape index (κ2) is 8.48. The van der Waals surface area contributed by atoms with Crippen LogP contribution in [0, 0.1) is 6.92 Å². The molecule has 2 aromatic rings. The van der Waals surface area contributed by atoms with Gasteiger partial charge in [0.1, 0.15) is 6.54 Å². The average Bonchev–Trinajstić information content (AvgIpc) is 2.51. The first-order valence-electron chi connectivity index (χ1n) is 7.52. The van der Waals surface area contributed by atoms with Crippen molar-refractivity contribution >= 4 is 56.4 Å². The summed E-state index contributed by atoms with van der Waals surface area (Å²) in [6.07, 6.45) is 1.05. The number of nitrogens with one attached hydrogen (secondary N) is 1. The molecular formula is C17H17Cl3N2O3S.